The van der Waals surface area contributed by atoms with Gasteiger partial charge in [0, 0.05) is 6.08 Å². The molecule has 0 radical (unpaired) electrons. The number of phenols is 1. The van der Waals surface area contributed by atoms with Gasteiger partial charge in [-0.1, -0.05) is 6.07 Å². The first-order valence-corrected chi connectivity index (χ1v) is 4.42. The van der Waals surface area contributed by atoms with E-state index < -0.39 is 5.97 Å². The van der Waals surface area contributed by atoms with Crippen molar-refractivity contribution in [3.63, 3.8) is 0 Å². The quantitative estimate of drug-likeness (QED) is 0.664. The fourth-order valence-corrected chi connectivity index (χ4v) is 1.80. The van der Waals surface area contributed by atoms with Crippen molar-refractivity contribution in [1.82, 2.24) is 0 Å². The fourth-order valence-electron chi connectivity index (χ4n) is 1.80. The Morgan fingerprint density at radius 1 is 1.36 bits per heavy atom. The van der Waals surface area contributed by atoms with Crippen LogP contribution in [-0.2, 0) is 11.2 Å². The number of hydrogen-bond donors (Lipinski definition) is 2. The molecule has 0 unspecified atom stereocenters. The van der Waals surface area contributed by atoms with Crippen molar-refractivity contribution in [2.45, 2.75) is 12.8 Å². The summed E-state index contributed by atoms with van der Waals surface area (Å²) in [4.78, 5) is 10.5. The summed E-state index contributed by atoms with van der Waals surface area (Å²) < 4.78 is 0. The van der Waals surface area contributed by atoms with Crippen LogP contribution in [0.1, 0.15) is 17.5 Å². The van der Waals surface area contributed by atoms with Gasteiger partial charge in [-0.25, -0.2) is 4.79 Å². The Morgan fingerprint density at radius 3 is 2.86 bits per heavy atom. The number of rotatable bonds is 1. The third-order valence-electron chi connectivity index (χ3n) is 2.40. The van der Waals surface area contributed by atoms with Crippen LogP contribution in [0.15, 0.2) is 24.3 Å². The Bertz CT molecular complexity index is 419. The summed E-state index contributed by atoms with van der Waals surface area (Å²) in [6, 6.07) is 5.05. The first kappa shape index (κ1) is 8.81. The smallest absolute Gasteiger partial charge is 0.328 e. The summed E-state index contributed by atoms with van der Waals surface area (Å²) in [5.41, 5.74) is 2.82. The third kappa shape index (κ3) is 1.48. The van der Waals surface area contributed by atoms with Gasteiger partial charge in [-0.15, -0.1) is 0 Å². The summed E-state index contributed by atoms with van der Waals surface area (Å²) >= 11 is 0. The van der Waals surface area contributed by atoms with Crippen molar-refractivity contribution in [3.8, 4) is 5.75 Å². The molecular weight excluding hydrogens is 180 g/mol. The van der Waals surface area contributed by atoms with Gasteiger partial charge >= 0.3 is 5.97 Å². The molecule has 1 aromatic carbocycles. The van der Waals surface area contributed by atoms with Crippen LogP contribution in [0, 0.1) is 0 Å². The molecule has 3 heteroatoms. The maximum atomic E-state index is 10.5. The Labute approximate surface area is 81.3 Å². The van der Waals surface area contributed by atoms with Gasteiger partial charge in [-0.05, 0) is 41.7 Å². The van der Waals surface area contributed by atoms with Crippen LogP contribution in [-0.4, -0.2) is 16.2 Å². The molecule has 0 bridgehead atoms. The van der Waals surface area contributed by atoms with Crippen molar-refractivity contribution in [3.05, 3.63) is 35.4 Å². The highest BCUT2D eigenvalue weighted by Crippen LogP contribution is 2.33. The minimum Gasteiger partial charge on any atom is -0.508 e. The molecule has 2 rings (SSSR count). The van der Waals surface area contributed by atoms with Gasteiger partial charge in [-0.2, -0.15) is 0 Å². The number of benzene rings is 1. The molecular formula is C11H10O3. The lowest BCUT2D eigenvalue weighted by Gasteiger charge is -2.00. The van der Waals surface area contributed by atoms with Crippen LogP contribution in [0.5, 0.6) is 5.75 Å². The number of aromatic hydroxyl groups is 1. The minimum absolute atomic E-state index is 0.236. The van der Waals surface area contributed by atoms with E-state index >= 15 is 0 Å². The van der Waals surface area contributed by atoms with Crippen LogP contribution >= 0.6 is 0 Å². The van der Waals surface area contributed by atoms with E-state index in [2.05, 4.69) is 0 Å². The first-order chi connectivity index (χ1) is 6.66. The molecule has 1 aliphatic rings. The third-order valence-corrected chi connectivity index (χ3v) is 2.40. The molecule has 3 nitrogen and oxygen atoms in total. The molecule has 0 fully saturated rings. The number of phenolic OH excluding ortho intramolecular Hbond substituents is 1. The molecule has 0 aliphatic heterocycles. The molecule has 0 heterocycles. The molecule has 1 aliphatic carbocycles. The van der Waals surface area contributed by atoms with E-state index in [0.29, 0.717) is 0 Å². The number of carboxylic acid groups (broad SMARTS) is 1. The lowest BCUT2D eigenvalue weighted by atomic mass is 10.1. The zero-order valence-corrected chi connectivity index (χ0v) is 7.53. The SMILES string of the molecule is O=C(O)C=C1CCc2cc(O)ccc21. The van der Waals surface area contributed by atoms with Gasteiger partial charge in [0.15, 0.2) is 0 Å². The molecule has 72 valence electrons. The van der Waals surface area contributed by atoms with Crippen molar-refractivity contribution in [1.29, 1.82) is 0 Å². The van der Waals surface area contributed by atoms with Crippen molar-refractivity contribution in [2.24, 2.45) is 0 Å². The van der Waals surface area contributed by atoms with Crippen LogP contribution in [0.25, 0.3) is 5.57 Å². The molecule has 0 aromatic heterocycles. The second-order valence-corrected chi connectivity index (χ2v) is 3.35. The zero-order chi connectivity index (χ0) is 10.1. The average molecular weight is 190 g/mol. The largest absolute Gasteiger partial charge is 0.508 e. The number of aliphatic carboxylic acids is 1. The van der Waals surface area contributed by atoms with Gasteiger partial charge in [0.1, 0.15) is 5.75 Å². The van der Waals surface area contributed by atoms with Crippen molar-refractivity contribution >= 4 is 11.5 Å². The number of carboxylic acids is 1. The van der Waals surface area contributed by atoms with Gasteiger partial charge < -0.3 is 10.2 Å². The summed E-state index contributed by atoms with van der Waals surface area (Å²) in [5, 5.41) is 17.9. The highest BCUT2D eigenvalue weighted by Gasteiger charge is 2.16. The summed E-state index contributed by atoms with van der Waals surface area (Å²) in [6.45, 7) is 0. The Balaban J connectivity index is 2.45. The van der Waals surface area contributed by atoms with Crippen molar-refractivity contribution < 1.29 is 15.0 Å². The van der Waals surface area contributed by atoms with E-state index in [1.807, 2.05) is 0 Å². The maximum absolute atomic E-state index is 10.5. The van der Waals surface area contributed by atoms with E-state index in [-0.39, 0.29) is 5.75 Å². The van der Waals surface area contributed by atoms with E-state index in [1.54, 1.807) is 18.2 Å². The molecule has 0 atom stereocenters. The Hall–Kier alpha value is -1.77. The highest BCUT2D eigenvalue weighted by molar-refractivity contribution is 5.91. The molecule has 0 saturated heterocycles. The average Bonchev–Trinajstić information content (AvgIpc) is 2.47. The van der Waals surface area contributed by atoms with Crippen molar-refractivity contribution in [2.75, 3.05) is 0 Å². The van der Waals surface area contributed by atoms with E-state index in [0.717, 1.165) is 29.5 Å². The molecule has 0 saturated carbocycles. The van der Waals surface area contributed by atoms with Crippen LogP contribution in [0.2, 0.25) is 0 Å². The fraction of sp³-hybridized carbons (Fsp3) is 0.182. The van der Waals surface area contributed by atoms with Gasteiger partial charge in [0.2, 0.25) is 0 Å². The summed E-state index contributed by atoms with van der Waals surface area (Å²) in [6.07, 6.45) is 2.79. The molecule has 0 spiro atoms. The summed E-state index contributed by atoms with van der Waals surface area (Å²) in [5.74, 6) is -0.679. The Kier molecular flexibility index (Phi) is 2.00. The van der Waals surface area contributed by atoms with Crippen LogP contribution in [0.4, 0.5) is 0 Å². The monoisotopic (exact) mass is 190 g/mol. The first-order valence-electron chi connectivity index (χ1n) is 4.42. The van der Waals surface area contributed by atoms with Gasteiger partial charge in [-0.3, -0.25) is 0 Å². The van der Waals surface area contributed by atoms with Crippen LogP contribution < -0.4 is 0 Å². The number of fused-ring (bicyclic) bond motifs is 1. The van der Waals surface area contributed by atoms with Gasteiger partial charge in [0.25, 0.3) is 0 Å². The maximum Gasteiger partial charge on any atom is 0.328 e. The number of allylic oxidation sites excluding steroid dienone is 1. The lowest BCUT2D eigenvalue weighted by Crippen LogP contribution is -1.89. The summed E-state index contributed by atoms with van der Waals surface area (Å²) in [7, 11) is 0. The second-order valence-electron chi connectivity index (χ2n) is 3.35. The normalized spacial score (nSPS) is 17.0. The predicted molar refractivity (Wildman–Crippen MR) is 52.0 cm³/mol. The highest BCUT2D eigenvalue weighted by atomic mass is 16.4. The topological polar surface area (TPSA) is 57.5 Å². The standard InChI is InChI=1S/C11H10O3/c12-9-3-4-10-7(5-9)1-2-8(10)6-11(13)14/h3-6,12H,1-2H2,(H,13,14). The van der Waals surface area contributed by atoms with Crippen LogP contribution in [0.3, 0.4) is 0 Å². The predicted octanol–water partition coefficient (Wildman–Crippen LogP) is 1.81. The number of carbonyl (C=O) groups is 1. The molecule has 0 amide bonds. The van der Waals surface area contributed by atoms with Gasteiger partial charge in [0.05, 0.1) is 0 Å². The van der Waals surface area contributed by atoms with E-state index in [9.17, 15) is 9.90 Å². The van der Waals surface area contributed by atoms with E-state index in [4.69, 9.17) is 5.11 Å². The number of aryl methyl sites for hydroxylation is 1. The zero-order valence-electron chi connectivity index (χ0n) is 7.53. The molecule has 2 N–H and O–H groups in total. The minimum atomic E-state index is -0.916. The number of hydrogen-bond acceptors (Lipinski definition) is 2. The Morgan fingerprint density at radius 2 is 2.14 bits per heavy atom. The van der Waals surface area contributed by atoms with E-state index in [1.165, 1.54) is 6.08 Å². The lowest BCUT2D eigenvalue weighted by molar-refractivity contribution is -0.131. The second kappa shape index (κ2) is 3.18. The molecule has 14 heavy (non-hydrogen) atoms. The molecule has 1 aromatic rings.